The monoisotopic (exact) mass is 703 g/mol. The van der Waals surface area contributed by atoms with Crippen LogP contribution in [0.15, 0.2) is 54.2 Å². The van der Waals surface area contributed by atoms with E-state index in [0.29, 0.717) is 17.7 Å². The zero-order valence-electron chi connectivity index (χ0n) is 31.0. The minimum Gasteiger partial charge on any atom is -0.457 e. The van der Waals surface area contributed by atoms with Crippen LogP contribution in [0.3, 0.4) is 0 Å². The first-order valence-electron chi connectivity index (χ1n) is 17.6. The van der Waals surface area contributed by atoms with Gasteiger partial charge in [0.25, 0.3) is 0 Å². The summed E-state index contributed by atoms with van der Waals surface area (Å²) in [5.74, 6) is -1.78. The van der Waals surface area contributed by atoms with E-state index in [1.54, 1.807) is 64.3 Å². The number of aryl methyl sites for hydroxylation is 1. The molecule has 2 aliphatic heterocycles. The molecule has 1 aromatic carbocycles. The molecule has 280 valence electrons. The molecule has 2 heterocycles. The van der Waals surface area contributed by atoms with E-state index in [1.165, 1.54) is 19.9 Å². The van der Waals surface area contributed by atoms with E-state index in [0.717, 1.165) is 12.0 Å². The maximum atomic E-state index is 14.3. The van der Waals surface area contributed by atoms with Crippen molar-refractivity contribution in [2.24, 2.45) is 11.8 Å². The third-order valence-electron chi connectivity index (χ3n) is 9.95. The maximum absolute atomic E-state index is 14.3. The number of nitrogens with one attached hydrogen (secondary N) is 1. The predicted molar refractivity (Wildman–Crippen MR) is 188 cm³/mol. The highest BCUT2D eigenvalue weighted by Crippen LogP contribution is 2.39. The number of aliphatic hydroxyl groups excluding tert-OH is 1. The molecular weight excluding hydrogens is 645 g/mol. The van der Waals surface area contributed by atoms with Gasteiger partial charge < -0.3 is 39.6 Å². The molecule has 4 N–H and O–H groups in total. The number of rotatable bonds is 13. The zero-order valence-corrected chi connectivity index (χ0v) is 31.0. The van der Waals surface area contributed by atoms with Crippen LogP contribution in [0.2, 0.25) is 0 Å². The fraction of sp³-hybridized carbons (Fsp3) is 0.641. The number of carbonyl (C=O) groups is 2. The Morgan fingerprint density at radius 3 is 2.58 bits per heavy atom. The van der Waals surface area contributed by atoms with Crippen LogP contribution >= 0.6 is 0 Å². The Morgan fingerprint density at radius 2 is 1.96 bits per heavy atom. The molecule has 0 radical (unpaired) electrons. The molecule has 3 unspecified atom stereocenters. The van der Waals surface area contributed by atoms with Crippen LogP contribution in [0.5, 0.6) is 0 Å². The van der Waals surface area contributed by atoms with Crippen molar-refractivity contribution in [3.8, 4) is 0 Å². The van der Waals surface area contributed by atoms with Crippen LogP contribution in [0.1, 0.15) is 85.3 Å². The number of esters is 2. The number of epoxide rings is 1. The van der Waals surface area contributed by atoms with Crippen molar-refractivity contribution in [2.75, 3.05) is 7.11 Å². The summed E-state index contributed by atoms with van der Waals surface area (Å²) >= 11 is 0. The summed E-state index contributed by atoms with van der Waals surface area (Å²) in [7, 11) is 1.68. The molecule has 0 spiro atoms. The van der Waals surface area contributed by atoms with E-state index >= 15 is 0 Å². The smallest absolute Gasteiger partial charge is 0.309 e. The fourth-order valence-corrected chi connectivity index (χ4v) is 6.64. The molecule has 1 aromatic rings. The summed E-state index contributed by atoms with van der Waals surface area (Å²) in [6.45, 7) is 14.2. The number of carbonyl (C=O) groups excluding carboxylic acids is 2. The van der Waals surface area contributed by atoms with Gasteiger partial charge in [-0.05, 0) is 75.8 Å². The first kappa shape index (κ1) is 41.5. The number of cyclic esters (lactones) is 1. The van der Waals surface area contributed by atoms with Crippen molar-refractivity contribution in [1.29, 1.82) is 0 Å². The van der Waals surface area contributed by atoms with Crippen molar-refractivity contribution in [2.45, 2.75) is 141 Å². The van der Waals surface area contributed by atoms with Crippen LogP contribution in [0.25, 0.3) is 0 Å². The second-order valence-corrected chi connectivity index (χ2v) is 14.5. The molecule has 0 bridgehead atoms. The topological polar surface area (TPSA) is 147 Å². The number of allylic oxidation sites excluding steroid dienone is 2. The number of hydrogen-bond acceptors (Lipinski definition) is 10. The van der Waals surface area contributed by atoms with E-state index < -0.39 is 53.4 Å². The van der Waals surface area contributed by atoms with E-state index in [-0.39, 0.29) is 49.3 Å². The molecule has 0 saturated carbocycles. The van der Waals surface area contributed by atoms with Crippen molar-refractivity contribution < 1.29 is 48.2 Å². The highest BCUT2D eigenvalue weighted by Gasteiger charge is 2.54. The molecule has 11 atom stereocenters. The van der Waals surface area contributed by atoms with Crippen molar-refractivity contribution in [3.63, 3.8) is 0 Å². The Labute approximate surface area is 296 Å². The lowest BCUT2D eigenvalue weighted by atomic mass is 9.87. The third-order valence-corrected chi connectivity index (χ3v) is 9.95. The minimum atomic E-state index is -1.47. The first-order valence-corrected chi connectivity index (χ1v) is 17.6. The van der Waals surface area contributed by atoms with Gasteiger partial charge in [-0.3, -0.25) is 9.59 Å². The van der Waals surface area contributed by atoms with Crippen molar-refractivity contribution in [3.05, 3.63) is 71.1 Å². The van der Waals surface area contributed by atoms with E-state index in [9.17, 15) is 29.3 Å². The van der Waals surface area contributed by atoms with Gasteiger partial charge >= 0.3 is 11.9 Å². The molecule has 1 saturated heterocycles. The van der Waals surface area contributed by atoms with E-state index in [1.807, 2.05) is 13.0 Å². The molecule has 0 aromatic heterocycles. The van der Waals surface area contributed by atoms with Gasteiger partial charge in [-0.25, -0.2) is 4.39 Å². The maximum Gasteiger partial charge on any atom is 0.309 e. The normalized spacial score (nSPS) is 31.1. The van der Waals surface area contributed by atoms with E-state index in [2.05, 4.69) is 19.2 Å². The molecule has 1 fully saturated rings. The van der Waals surface area contributed by atoms with Crippen molar-refractivity contribution >= 4 is 11.9 Å². The van der Waals surface area contributed by atoms with Crippen molar-refractivity contribution in [1.82, 2.24) is 5.32 Å². The van der Waals surface area contributed by atoms with E-state index in [4.69, 9.17) is 18.9 Å². The molecule has 11 heteroatoms. The second kappa shape index (κ2) is 18.0. The Bertz CT molecular complexity index is 1390. The molecule has 0 aliphatic carbocycles. The summed E-state index contributed by atoms with van der Waals surface area (Å²) in [4.78, 5) is 24.7. The second-order valence-electron chi connectivity index (χ2n) is 14.5. The van der Waals surface area contributed by atoms with Crippen LogP contribution in [-0.4, -0.2) is 88.2 Å². The average Bonchev–Trinajstić information content (AvgIpc) is 3.82. The zero-order chi connectivity index (χ0) is 37.4. The molecule has 3 rings (SSSR count). The Morgan fingerprint density at radius 1 is 1.26 bits per heavy atom. The standard InChI is InChI=1S/C39H58FNO9/c1-10-31(47-9)26(5)35-36(50-35)37(41-22-28-15-13-23(2)30(40)20-28)39(8,46)18-11-12-24(3)34-25(4)14-16-32(48-27(6)42)38(7,45)19-17-29(43)21-33(44)49-34/h11-16,18,20,25-26,29,31-32,34-37,41,43,45-46H,10,17,19,21-22H2,1-9H3/t25-,26+,29+,31-,32-,34+,35?,36-,37?,38+,39?/m0/s1. The van der Waals surface area contributed by atoms with Crippen LogP contribution in [0, 0.1) is 24.6 Å². The molecule has 0 amide bonds. The molecular formula is C39H58FNO9. The summed E-state index contributed by atoms with van der Waals surface area (Å²) in [5, 5.41) is 36.9. The predicted octanol–water partition coefficient (Wildman–Crippen LogP) is 5.01. The Balaban J connectivity index is 1.88. The van der Waals surface area contributed by atoms with Crippen LogP contribution < -0.4 is 5.32 Å². The quantitative estimate of drug-likeness (QED) is 0.0958. The van der Waals surface area contributed by atoms with Gasteiger partial charge in [0.1, 0.15) is 29.7 Å². The van der Waals surface area contributed by atoms with Gasteiger partial charge in [0.2, 0.25) is 0 Å². The van der Waals surface area contributed by atoms with Gasteiger partial charge in [0.05, 0.1) is 36.4 Å². The fourth-order valence-electron chi connectivity index (χ4n) is 6.64. The third kappa shape index (κ3) is 11.5. The number of halogens is 1. The van der Waals surface area contributed by atoms with Gasteiger partial charge in [0.15, 0.2) is 0 Å². The van der Waals surface area contributed by atoms with Gasteiger partial charge in [-0.2, -0.15) is 0 Å². The number of methoxy groups -OCH3 is 1. The SMILES string of the molecule is CC[C@H](OC)[C@@H](C)C1O[C@@H]1C(NCc1ccc(C)c(F)c1)C(C)(O)C=CC=C(C)[C@H]1OC(=O)C[C@H](O)CC[C@@](C)(O)[C@@H](OC(C)=O)C=C[C@@H]1C. The molecule has 10 nitrogen and oxygen atoms in total. The number of hydrogen-bond donors (Lipinski definition) is 4. The Kier molecular flexibility index (Phi) is 15.0. The average molecular weight is 704 g/mol. The minimum absolute atomic E-state index is 0.0100. The summed E-state index contributed by atoms with van der Waals surface area (Å²) in [5.41, 5.74) is -0.950. The highest BCUT2D eigenvalue weighted by atomic mass is 19.1. The molecule has 50 heavy (non-hydrogen) atoms. The van der Waals surface area contributed by atoms with Crippen LogP contribution in [-0.2, 0) is 35.1 Å². The van der Waals surface area contributed by atoms with Gasteiger partial charge in [-0.15, -0.1) is 0 Å². The summed E-state index contributed by atoms with van der Waals surface area (Å²) in [6.07, 6.45) is 5.88. The number of benzene rings is 1. The Hall–Kier alpha value is -2.93. The summed E-state index contributed by atoms with van der Waals surface area (Å²) in [6, 6.07) is 4.49. The molecule has 2 aliphatic rings. The van der Waals surface area contributed by atoms with Gasteiger partial charge in [-0.1, -0.05) is 57.2 Å². The van der Waals surface area contributed by atoms with Gasteiger partial charge in [0, 0.05) is 32.4 Å². The lowest BCUT2D eigenvalue weighted by molar-refractivity contribution is -0.157. The summed E-state index contributed by atoms with van der Waals surface area (Å²) < 4.78 is 37.4. The first-order chi connectivity index (χ1) is 23.4. The number of aliphatic hydroxyl groups is 3. The lowest BCUT2D eigenvalue weighted by Gasteiger charge is -2.32. The largest absolute Gasteiger partial charge is 0.457 e. The lowest BCUT2D eigenvalue weighted by Crippen LogP contribution is -2.52. The van der Waals surface area contributed by atoms with Crippen LogP contribution in [0.4, 0.5) is 4.39 Å². The highest BCUT2D eigenvalue weighted by molar-refractivity contribution is 5.70. The number of ether oxygens (including phenoxy) is 4.